The fourth-order valence-electron chi connectivity index (χ4n) is 4.29. The smallest absolute Gasteiger partial charge is 0.228 e. The number of nitrogens with zero attached hydrogens (tertiary/aromatic N) is 3. The van der Waals surface area contributed by atoms with Crippen LogP contribution in [0.2, 0.25) is 10.0 Å². The molecule has 1 saturated heterocycles. The molecule has 0 bridgehead atoms. The van der Waals surface area contributed by atoms with Crippen molar-refractivity contribution in [2.75, 3.05) is 19.6 Å². The van der Waals surface area contributed by atoms with E-state index in [1.54, 1.807) is 10.7 Å². The van der Waals surface area contributed by atoms with Gasteiger partial charge in [-0.2, -0.15) is 5.10 Å². The lowest BCUT2D eigenvalue weighted by atomic mass is 9.87. The number of aryl methyl sites for hydroxylation is 1. The molecule has 0 saturated carbocycles. The quantitative estimate of drug-likeness (QED) is 0.793. The molecule has 2 aromatic rings. The Bertz CT molecular complexity index is 853. The number of fused-ring (bicyclic) bond motifs is 1. The molecule has 2 aliphatic heterocycles. The van der Waals surface area contributed by atoms with Crippen molar-refractivity contribution < 1.29 is 4.79 Å². The van der Waals surface area contributed by atoms with E-state index in [0.29, 0.717) is 23.1 Å². The summed E-state index contributed by atoms with van der Waals surface area (Å²) in [7, 11) is 1.90. The topological polar surface area (TPSA) is 50.2 Å². The maximum Gasteiger partial charge on any atom is 0.228 e. The van der Waals surface area contributed by atoms with Crippen LogP contribution in [0.4, 0.5) is 0 Å². The van der Waals surface area contributed by atoms with E-state index >= 15 is 0 Å². The number of rotatable bonds is 2. The maximum absolute atomic E-state index is 13.4. The van der Waals surface area contributed by atoms with Crippen LogP contribution in [-0.2, 0) is 18.3 Å². The summed E-state index contributed by atoms with van der Waals surface area (Å²) in [6.07, 6.45) is 4.64. The third kappa shape index (κ3) is 3.70. The highest BCUT2D eigenvalue weighted by Crippen LogP contribution is 2.38. The predicted octanol–water partition coefficient (Wildman–Crippen LogP) is 3.60. The summed E-state index contributed by atoms with van der Waals surface area (Å²) >= 11 is 12.6. The predicted molar refractivity (Wildman–Crippen MR) is 110 cm³/mol. The van der Waals surface area contributed by atoms with Crippen LogP contribution in [0.5, 0.6) is 0 Å². The van der Waals surface area contributed by atoms with Crippen molar-refractivity contribution in [3.8, 4) is 0 Å². The number of aromatic nitrogens is 2. The van der Waals surface area contributed by atoms with Gasteiger partial charge in [-0.25, -0.2) is 0 Å². The molecule has 0 spiro atoms. The van der Waals surface area contributed by atoms with E-state index in [0.717, 1.165) is 29.7 Å². The van der Waals surface area contributed by atoms with E-state index in [1.165, 1.54) is 0 Å². The van der Waals surface area contributed by atoms with Crippen molar-refractivity contribution in [2.24, 2.45) is 13.0 Å². The first-order valence-electron chi connectivity index (χ1n) is 8.93. The van der Waals surface area contributed by atoms with Gasteiger partial charge in [0.1, 0.15) is 0 Å². The van der Waals surface area contributed by atoms with Crippen LogP contribution in [-0.4, -0.2) is 40.2 Å². The Morgan fingerprint density at radius 1 is 1.30 bits per heavy atom. The highest BCUT2D eigenvalue weighted by Gasteiger charge is 2.40. The molecule has 4 rings (SSSR count). The second-order valence-electron chi connectivity index (χ2n) is 7.23. The second-order valence-corrected chi connectivity index (χ2v) is 8.08. The van der Waals surface area contributed by atoms with Crippen LogP contribution in [0.1, 0.15) is 35.6 Å². The molecule has 2 aliphatic rings. The molecule has 1 aromatic carbocycles. The molecule has 1 unspecified atom stereocenters. The van der Waals surface area contributed by atoms with Crippen molar-refractivity contribution in [1.82, 2.24) is 20.0 Å². The molecule has 8 heteroatoms. The van der Waals surface area contributed by atoms with Crippen LogP contribution in [0.3, 0.4) is 0 Å². The van der Waals surface area contributed by atoms with Crippen molar-refractivity contribution in [3.05, 3.63) is 51.3 Å². The first-order chi connectivity index (χ1) is 12.5. The minimum absolute atomic E-state index is 0. The fourth-order valence-corrected chi connectivity index (χ4v) is 4.89. The lowest BCUT2D eigenvalue weighted by molar-refractivity contribution is -0.138. The highest BCUT2D eigenvalue weighted by atomic mass is 35.5. The Morgan fingerprint density at radius 3 is 2.78 bits per heavy atom. The minimum Gasteiger partial charge on any atom is -0.335 e. The average molecular weight is 430 g/mol. The van der Waals surface area contributed by atoms with Gasteiger partial charge in [0, 0.05) is 48.8 Å². The number of carbonyl (C=O) groups is 1. The molecule has 27 heavy (non-hydrogen) atoms. The molecule has 1 fully saturated rings. The van der Waals surface area contributed by atoms with Gasteiger partial charge in [0.25, 0.3) is 0 Å². The number of halogens is 3. The Morgan fingerprint density at radius 2 is 2.07 bits per heavy atom. The SMILES string of the molecule is CC1c2cc(Cl)cc(Cl)c2CCN1C(=O)[C@H]1CNC[C@@H]1c1cnn(C)c1.Cl. The zero-order valence-electron chi connectivity index (χ0n) is 15.3. The lowest BCUT2D eigenvalue weighted by Gasteiger charge is -2.38. The van der Waals surface area contributed by atoms with Crippen molar-refractivity contribution in [3.63, 3.8) is 0 Å². The van der Waals surface area contributed by atoms with Gasteiger partial charge in [0.2, 0.25) is 5.91 Å². The number of benzene rings is 1. The van der Waals surface area contributed by atoms with Crippen LogP contribution in [0, 0.1) is 5.92 Å². The van der Waals surface area contributed by atoms with Crippen molar-refractivity contribution >= 4 is 41.5 Å². The summed E-state index contributed by atoms with van der Waals surface area (Å²) in [5.74, 6) is 0.281. The van der Waals surface area contributed by atoms with E-state index in [9.17, 15) is 4.79 Å². The molecule has 3 heterocycles. The summed E-state index contributed by atoms with van der Waals surface area (Å²) in [4.78, 5) is 15.4. The summed E-state index contributed by atoms with van der Waals surface area (Å²) in [6, 6.07) is 3.70. The lowest BCUT2D eigenvalue weighted by Crippen LogP contribution is -2.44. The Labute approximate surface area is 175 Å². The molecule has 1 aromatic heterocycles. The number of nitrogens with one attached hydrogen (secondary N) is 1. The zero-order chi connectivity index (χ0) is 18.4. The fraction of sp³-hybridized carbons (Fsp3) is 0.474. The molecule has 0 aliphatic carbocycles. The van der Waals surface area contributed by atoms with Gasteiger partial charge in [0.05, 0.1) is 18.2 Å². The summed E-state index contributed by atoms with van der Waals surface area (Å²) in [5, 5.41) is 8.95. The maximum atomic E-state index is 13.4. The van der Waals surface area contributed by atoms with Crippen LogP contribution in [0.15, 0.2) is 24.5 Å². The van der Waals surface area contributed by atoms with E-state index < -0.39 is 0 Å². The molecule has 1 N–H and O–H groups in total. The Hall–Kier alpha value is -1.27. The van der Waals surface area contributed by atoms with Crippen molar-refractivity contribution in [2.45, 2.75) is 25.3 Å². The third-order valence-corrected chi connectivity index (χ3v) is 6.24. The summed E-state index contributed by atoms with van der Waals surface area (Å²) in [6.45, 7) is 4.25. The average Bonchev–Trinajstić information content (AvgIpc) is 3.23. The number of hydrogen-bond donors (Lipinski definition) is 1. The van der Waals surface area contributed by atoms with E-state index in [4.69, 9.17) is 23.2 Å². The minimum atomic E-state index is -0.0714. The molecule has 0 radical (unpaired) electrons. The van der Waals surface area contributed by atoms with E-state index in [2.05, 4.69) is 17.3 Å². The summed E-state index contributed by atoms with van der Waals surface area (Å²) < 4.78 is 1.79. The van der Waals surface area contributed by atoms with Crippen LogP contribution >= 0.6 is 35.6 Å². The molecule has 5 nitrogen and oxygen atoms in total. The van der Waals surface area contributed by atoms with Crippen LogP contribution < -0.4 is 5.32 Å². The van der Waals surface area contributed by atoms with Crippen LogP contribution in [0.25, 0.3) is 0 Å². The van der Waals surface area contributed by atoms with Gasteiger partial charge in [-0.3, -0.25) is 9.48 Å². The molecule has 146 valence electrons. The Balaban J connectivity index is 0.00000210. The van der Waals surface area contributed by atoms with Gasteiger partial charge < -0.3 is 10.2 Å². The molecule has 3 atom stereocenters. The monoisotopic (exact) mass is 428 g/mol. The first kappa shape index (κ1) is 20.5. The number of carbonyl (C=O) groups excluding carboxylic acids is 1. The zero-order valence-corrected chi connectivity index (χ0v) is 17.6. The van der Waals surface area contributed by atoms with E-state index in [-0.39, 0.29) is 36.2 Å². The van der Waals surface area contributed by atoms with Gasteiger partial charge in [-0.1, -0.05) is 23.2 Å². The normalized spacial score (nSPS) is 24.4. The van der Waals surface area contributed by atoms with Gasteiger partial charge in [-0.15, -0.1) is 12.4 Å². The highest BCUT2D eigenvalue weighted by molar-refractivity contribution is 6.35. The largest absolute Gasteiger partial charge is 0.335 e. The number of amides is 1. The molecular formula is C19H23Cl3N4O. The number of hydrogen-bond acceptors (Lipinski definition) is 3. The summed E-state index contributed by atoms with van der Waals surface area (Å²) in [5.41, 5.74) is 3.29. The van der Waals surface area contributed by atoms with Gasteiger partial charge in [-0.05, 0) is 42.2 Å². The van der Waals surface area contributed by atoms with Crippen molar-refractivity contribution in [1.29, 1.82) is 0 Å². The molecule has 1 amide bonds. The standard InChI is InChI=1S/C19H22Cl2N4O.ClH/c1-11-15-5-13(20)6-18(21)14(15)3-4-25(11)19(26)17-9-22-8-16(17)12-7-23-24(2)10-12;/h5-7,10-11,16-17,22H,3-4,8-9H2,1-2H3;1H/t11?,16-,17+;/m1./s1. The van der Waals surface area contributed by atoms with Gasteiger partial charge in [0.15, 0.2) is 0 Å². The van der Waals surface area contributed by atoms with E-state index in [1.807, 2.05) is 30.4 Å². The third-order valence-electron chi connectivity index (χ3n) is 5.68. The van der Waals surface area contributed by atoms with Gasteiger partial charge >= 0.3 is 0 Å². The first-order valence-corrected chi connectivity index (χ1v) is 9.69. The Kier molecular flexibility index (Phi) is 6.06. The molecular weight excluding hydrogens is 407 g/mol. The second kappa shape index (κ2) is 8.00.